The van der Waals surface area contributed by atoms with Gasteiger partial charge in [-0.25, -0.2) is 9.07 Å². The van der Waals surface area contributed by atoms with Crippen molar-refractivity contribution in [2.24, 2.45) is 5.92 Å². The Labute approximate surface area is 156 Å². The van der Waals surface area contributed by atoms with E-state index in [4.69, 9.17) is 0 Å². The monoisotopic (exact) mass is 371 g/mol. The number of halogens is 1. The Kier molecular flexibility index (Phi) is 4.68. The molecule has 7 heteroatoms. The molecule has 0 aliphatic heterocycles. The van der Waals surface area contributed by atoms with Gasteiger partial charge in [0.15, 0.2) is 5.69 Å². The summed E-state index contributed by atoms with van der Waals surface area (Å²) in [5.74, 6) is -2.10. The number of hydrogen-bond acceptors (Lipinski definition) is 3. The number of carbonyl (C=O) groups is 2. The van der Waals surface area contributed by atoms with Gasteiger partial charge in [-0.1, -0.05) is 12.5 Å². The fourth-order valence-corrected chi connectivity index (χ4v) is 4.27. The van der Waals surface area contributed by atoms with Crippen LogP contribution in [0.1, 0.15) is 53.8 Å². The Balaban J connectivity index is 1.66. The zero-order valence-corrected chi connectivity index (χ0v) is 14.9. The van der Waals surface area contributed by atoms with Gasteiger partial charge < -0.3 is 10.4 Å². The van der Waals surface area contributed by atoms with Crippen LogP contribution in [0.25, 0.3) is 5.69 Å². The number of hydrogen-bond donors (Lipinski definition) is 2. The molecule has 2 N–H and O–H groups in total. The van der Waals surface area contributed by atoms with Gasteiger partial charge in [-0.05, 0) is 56.7 Å². The van der Waals surface area contributed by atoms with E-state index in [1.165, 1.54) is 12.1 Å². The van der Waals surface area contributed by atoms with Crippen molar-refractivity contribution < 1.29 is 19.1 Å². The summed E-state index contributed by atoms with van der Waals surface area (Å²) < 4.78 is 15.3. The minimum atomic E-state index is -0.870. The zero-order chi connectivity index (χ0) is 19.0. The lowest BCUT2D eigenvalue weighted by Gasteiger charge is -2.18. The number of carboxylic acids is 1. The van der Waals surface area contributed by atoms with Crippen LogP contribution in [0.3, 0.4) is 0 Å². The van der Waals surface area contributed by atoms with Gasteiger partial charge in [0.25, 0.3) is 5.91 Å². The molecule has 0 saturated heterocycles. The molecular weight excluding hydrogens is 349 g/mol. The van der Waals surface area contributed by atoms with Gasteiger partial charge in [0, 0.05) is 17.3 Å². The number of nitrogens with one attached hydrogen (secondary N) is 1. The summed E-state index contributed by atoms with van der Waals surface area (Å²) in [6.45, 7) is 0. The summed E-state index contributed by atoms with van der Waals surface area (Å²) in [5.41, 5.74) is 2.77. The summed E-state index contributed by atoms with van der Waals surface area (Å²) >= 11 is 0. The summed E-state index contributed by atoms with van der Waals surface area (Å²) in [5, 5.41) is 16.7. The van der Waals surface area contributed by atoms with Crippen molar-refractivity contribution in [1.82, 2.24) is 15.1 Å². The zero-order valence-electron chi connectivity index (χ0n) is 14.9. The van der Waals surface area contributed by atoms with Crippen molar-refractivity contribution >= 4 is 11.9 Å². The largest absolute Gasteiger partial charge is 0.481 e. The summed E-state index contributed by atoms with van der Waals surface area (Å²) in [4.78, 5) is 24.3. The SMILES string of the molecule is O=C(N[C@H]1CCC[C@H]1C(=O)O)c1nn(-c2cccc(F)c2)c2c1CCCC2. The van der Waals surface area contributed by atoms with Gasteiger partial charge >= 0.3 is 5.97 Å². The highest BCUT2D eigenvalue weighted by molar-refractivity contribution is 5.94. The quantitative estimate of drug-likeness (QED) is 0.866. The van der Waals surface area contributed by atoms with Crippen molar-refractivity contribution in [3.05, 3.63) is 47.0 Å². The normalized spacial score (nSPS) is 21.7. The number of carbonyl (C=O) groups excluding carboxylic acids is 1. The van der Waals surface area contributed by atoms with E-state index in [-0.39, 0.29) is 17.8 Å². The molecule has 6 nitrogen and oxygen atoms in total. The maximum Gasteiger partial charge on any atom is 0.308 e. The summed E-state index contributed by atoms with van der Waals surface area (Å²) in [7, 11) is 0. The van der Waals surface area contributed by atoms with Crippen molar-refractivity contribution in [2.75, 3.05) is 0 Å². The molecule has 4 rings (SSSR count). The number of benzene rings is 1. The molecule has 142 valence electrons. The van der Waals surface area contributed by atoms with Crippen LogP contribution in [0.4, 0.5) is 4.39 Å². The van der Waals surface area contributed by atoms with E-state index in [0.717, 1.165) is 43.4 Å². The molecule has 2 aliphatic rings. The van der Waals surface area contributed by atoms with Crippen LogP contribution in [0.2, 0.25) is 0 Å². The second kappa shape index (κ2) is 7.13. The molecule has 2 aliphatic carbocycles. The van der Waals surface area contributed by atoms with E-state index in [1.807, 2.05) is 0 Å². The maximum atomic E-state index is 13.7. The number of rotatable bonds is 4. The van der Waals surface area contributed by atoms with Gasteiger partial charge in [-0.15, -0.1) is 0 Å². The summed E-state index contributed by atoms with van der Waals surface area (Å²) in [6, 6.07) is 5.80. The molecule has 2 atom stereocenters. The Morgan fingerprint density at radius 2 is 2.00 bits per heavy atom. The third kappa shape index (κ3) is 3.34. The number of carboxylic acid groups (broad SMARTS) is 1. The van der Waals surface area contributed by atoms with Crippen LogP contribution >= 0.6 is 0 Å². The molecule has 0 bridgehead atoms. The minimum absolute atomic E-state index is 0.332. The smallest absolute Gasteiger partial charge is 0.308 e. The van der Waals surface area contributed by atoms with Crippen molar-refractivity contribution in [2.45, 2.75) is 51.0 Å². The highest BCUT2D eigenvalue weighted by Gasteiger charge is 2.35. The van der Waals surface area contributed by atoms with E-state index in [1.54, 1.807) is 16.8 Å². The van der Waals surface area contributed by atoms with Crippen molar-refractivity contribution in [1.29, 1.82) is 0 Å². The molecule has 1 heterocycles. The van der Waals surface area contributed by atoms with E-state index >= 15 is 0 Å². The summed E-state index contributed by atoms with van der Waals surface area (Å²) in [6.07, 6.45) is 5.54. The Morgan fingerprint density at radius 3 is 2.78 bits per heavy atom. The molecule has 0 unspecified atom stereocenters. The third-order valence-electron chi connectivity index (χ3n) is 5.60. The number of amides is 1. The van der Waals surface area contributed by atoms with E-state index in [0.29, 0.717) is 24.2 Å². The van der Waals surface area contributed by atoms with Gasteiger partial charge in [0.2, 0.25) is 0 Å². The fraction of sp³-hybridized carbons (Fsp3) is 0.450. The Morgan fingerprint density at radius 1 is 1.19 bits per heavy atom. The topological polar surface area (TPSA) is 84.2 Å². The first-order valence-corrected chi connectivity index (χ1v) is 9.45. The Hall–Kier alpha value is -2.70. The molecule has 2 aromatic rings. The highest BCUT2D eigenvalue weighted by Crippen LogP contribution is 2.29. The van der Waals surface area contributed by atoms with E-state index < -0.39 is 11.9 Å². The van der Waals surface area contributed by atoms with Crippen LogP contribution in [-0.4, -0.2) is 32.8 Å². The standard InChI is InChI=1S/C20H22FN3O3/c21-12-5-3-6-13(11-12)24-17-10-2-1-7-15(17)18(23-24)19(25)22-16-9-4-8-14(16)20(26)27/h3,5-6,11,14,16H,1-2,4,7-10H2,(H,22,25)(H,26,27)/t14-,16+/m1/s1. The van der Waals surface area contributed by atoms with Crippen LogP contribution < -0.4 is 5.32 Å². The number of nitrogens with zero attached hydrogens (tertiary/aromatic N) is 2. The predicted molar refractivity (Wildman–Crippen MR) is 96.4 cm³/mol. The molecule has 0 radical (unpaired) electrons. The predicted octanol–water partition coefficient (Wildman–Crippen LogP) is 2.87. The molecule has 1 aromatic carbocycles. The second-order valence-corrected chi connectivity index (χ2v) is 7.33. The fourth-order valence-electron chi connectivity index (χ4n) is 4.27. The van der Waals surface area contributed by atoms with E-state index in [2.05, 4.69) is 10.4 Å². The molecule has 1 fully saturated rings. The lowest BCUT2D eigenvalue weighted by atomic mass is 9.95. The molecule has 27 heavy (non-hydrogen) atoms. The lowest BCUT2D eigenvalue weighted by Crippen LogP contribution is -2.40. The van der Waals surface area contributed by atoms with Crippen LogP contribution in [-0.2, 0) is 17.6 Å². The Bertz CT molecular complexity index is 893. The first-order chi connectivity index (χ1) is 13.0. The minimum Gasteiger partial charge on any atom is -0.481 e. The highest BCUT2D eigenvalue weighted by atomic mass is 19.1. The number of aliphatic carboxylic acids is 1. The van der Waals surface area contributed by atoms with Crippen LogP contribution in [0, 0.1) is 11.7 Å². The molecule has 1 saturated carbocycles. The number of fused-ring (bicyclic) bond motifs is 1. The molecule has 0 spiro atoms. The van der Waals surface area contributed by atoms with Gasteiger partial charge in [0.05, 0.1) is 11.6 Å². The van der Waals surface area contributed by atoms with Gasteiger partial charge in [-0.3, -0.25) is 9.59 Å². The van der Waals surface area contributed by atoms with Crippen LogP contribution in [0.15, 0.2) is 24.3 Å². The molecule has 1 aromatic heterocycles. The molecule has 1 amide bonds. The average molecular weight is 371 g/mol. The molecular formula is C20H22FN3O3. The average Bonchev–Trinajstić information content (AvgIpc) is 3.26. The van der Waals surface area contributed by atoms with Gasteiger partial charge in [0.1, 0.15) is 5.82 Å². The first kappa shape index (κ1) is 17.7. The lowest BCUT2D eigenvalue weighted by molar-refractivity contribution is -0.142. The first-order valence-electron chi connectivity index (χ1n) is 9.45. The maximum absolute atomic E-state index is 13.7. The number of aromatic nitrogens is 2. The second-order valence-electron chi connectivity index (χ2n) is 7.33. The van der Waals surface area contributed by atoms with Crippen molar-refractivity contribution in [3.63, 3.8) is 0 Å². The third-order valence-corrected chi connectivity index (χ3v) is 5.60. The van der Waals surface area contributed by atoms with Crippen LogP contribution in [0.5, 0.6) is 0 Å². The van der Waals surface area contributed by atoms with Gasteiger partial charge in [-0.2, -0.15) is 5.10 Å². The van der Waals surface area contributed by atoms with Crippen molar-refractivity contribution in [3.8, 4) is 5.69 Å². The van der Waals surface area contributed by atoms with E-state index in [9.17, 15) is 19.1 Å².